The summed E-state index contributed by atoms with van der Waals surface area (Å²) in [4.78, 5) is 18.8. The van der Waals surface area contributed by atoms with Gasteiger partial charge in [-0.2, -0.15) is 4.98 Å². The average Bonchev–Trinajstić information content (AvgIpc) is 2.96. The van der Waals surface area contributed by atoms with E-state index in [1.807, 2.05) is 36.1 Å². The summed E-state index contributed by atoms with van der Waals surface area (Å²) in [6.45, 7) is 9.89. The van der Waals surface area contributed by atoms with Gasteiger partial charge in [0.1, 0.15) is 0 Å². The van der Waals surface area contributed by atoms with Crippen molar-refractivity contribution in [2.45, 2.75) is 47.1 Å². The van der Waals surface area contributed by atoms with Crippen LogP contribution in [0.2, 0.25) is 0 Å². The molecule has 136 valence electrons. The summed E-state index contributed by atoms with van der Waals surface area (Å²) in [5.74, 6) is 1.74. The lowest BCUT2D eigenvalue weighted by molar-refractivity contribution is -0.117. The van der Waals surface area contributed by atoms with Crippen LogP contribution >= 0.6 is 0 Å². The van der Waals surface area contributed by atoms with Gasteiger partial charge < -0.3 is 9.84 Å². The molecule has 1 aromatic carbocycles. The first kappa shape index (κ1) is 19.1. The minimum absolute atomic E-state index is 0.0373. The summed E-state index contributed by atoms with van der Waals surface area (Å²) < 4.78 is 5.33. The Morgan fingerprint density at radius 1 is 1.32 bits per heavy atom. The predicted molar refractivity (Wildman–Crippen MR) is 98.2 cm³/mol. The normalized spacial score (nSPS) is 11.3. The highest BCUT2D eigenvalue weighted by Crippen LogP contribution is 2.13. The first-order valence-electron chi connectivity index (χ1n) is 8.87. The Balaban J connectivity index is 1.94. The number of rotatable bonds is 9. The SMILES string of the molecule is CCCN(CC(=O)Nc1ccccc1C)Cc1nc(CC(C)C)no1. The Kier molecular flexibility index (Phi) is 7.13. The van der Waals surface area contributed by atoms with Crippen molar-refractivity contribution in [3.05, 3.63) is 41.5 Å². The van der Waals surface area contributed by atoms with Crippen LogP contribution in [0.1, 0.15) is 44.5 Å². The lowest BCUT2D eigenvalue weighted by Gasteiger charge is -2.19. The molecule has 0 spiro atoms. The lowest BCUT2D eigenvalue weighted by Crippen LogP contribution is -2.33. The Morgan fingerprint density at radius 2 is 2.08 bits per heavy atom. The monoisotopic (exact) mass is 344 g/mol. The fourth-order valence-corrected chi connectivity index (χ4v) is 2.63. The van der Waals surface area contributed by atoms with Crippen LogP contribution in [0.3, 0.4) is 0 Å². The number of carbonyl (C=O) groups excluding carboxylic acids is 1. The summed E-state index contributed by atoms with van der Waals surface area (Å²) in [6, 6.07) is 7.77. The highest BCUT2D eigenvalue weighted by Gasteiger charge is 2.16. The number of nitrogens with one attached hydrogen (secondary N) is 1. The molecule has 1 heterocycles. The molecule has 0 unspecified atom stereocenters. The van der Waals surface area contributed by atoms with Crippen LogP contribution in [0.5, 0.6) is 0 Å². The van der Waals surface area contributed by atoms with Crippen molar-refractivity contribution in [3.63, 3.8) is 0 Å². The number of aryl methyl sites for hydroxylation is 1. The number of hydrogen-bond donors (Lipinski definition) is 1. The quantitative estimate of drug-likeness (QED) is 0.754. The summed E-state index contributed by atoms with van der Waals surface area (Å²) in [5.41, 5.74) is 1.90. The third-order valence-electron chi connectivity index (χ3n) is 3.79. The number of nitrogens with zero attached hydrogens (tertiary/aromatic N) is 3. The summed E-state index contributed by atoms with van der Waals surface area (Å²) in [6.07, 6.45) is 1.75. The summed E-state index contributed by atoms with van der Waals surface area (Å²) in [7, 11) is 0. The summed E-state index contributed by atoms with van der Waals surface area (Å²) >= 11 is 0. The van der Waals surface area contributed by atoms with Gasteiger partial charge in [-0.15, -0.1) is 0 Å². The van der Waals surface area contributed by atoms with E-state index in [0.717, 1.165) is 36.5 Å². The number of aromatic nitrogens is 2. The highest BCUT2D eigenvalue weighted by atomic mass is 16.5. The van der Waals surface area contributed by atoms with Gasteiger partial charge >= 0.3 is 0 Å². The van der Waals surface area contributed by atoms with Crippen LogP contribution in [0.25, 0.3) is 0 Å². The molecular weight excluding hydrogens is 316 g/mol. The minimum atomic E-state index is -0.0373. The topological polar surface area (TPSA) is 71.3 Å². The molecule has 25 heavy (non-hydrogen) atoms. The van der Waals surface area contributed by atoms with Crippen LogP contribution in [-0.4, -0.2) is 34.0 Å². The smallest absolute Gasteiger partial charge is 0.240 e. The Hall–Kier alpha value is -2.21. The fraction of sp³-hybridized carbons (Fsp3) is 0.526. The maximum atomic E-state index is 12.4. The second kappa shape index (κ2) is 9.32. The van der Waals surface area contributed by atoms with Crippen molar-refractivity contribution in [2.75, 3.05) is 18.4 Å². The minimum Gasteiger partial charge on any atom is -0.338 e. The van der Waals surface area contributed by atoms with Gasteiger partial charge in [-0.25, -0.2) is 0 Å². The zero-order valence-electron chi connectivity index (χ0n) is 15.6. The van der Waals surface area contributed by atoms with E-state index in [1.165, 1.54) is 0 Å². The fourth-order valence-electron chi connectivity index (χ4n) is 2.63. The van der Waals surface area contributed by atoms with E-state index >= 15 is 0 Å². The van der Waals surface area contributed by atoms with E-state index in [-0.39, 0.29) is 5.91 Å². The first-order chi connectivity index (χ1) is 12.0. The lowest BCUT2D eigenvalue weighted by atomic mass is 10.1. The maximum Gasteiger partial charge on any atom is 0.240 e. The van der Waals surface area contributed by atoms with Crippen LogP contribution in [0, 0.1) is 12.8 Å². The average molecular weight is 344 g/mol. The Bertz CT molecular complexity index is 682. The molecule has 0 aliphatic carbocycles. The van der Waals surface area contributed by atoms with Gasteiger partial charge in [0.05, 0.1) is 13.1 Å². The standard InChI is InChI=1S/C19H28N4O2/c1-5-10-23(13-19-21-17(22-25-19)11-14(2)3)12-18(24)20-16-9-7-6-8-15(16)4/h6-9,14H,5,10-13H2,1-4H3,(H,20,24). The number of para-hydroxylation sites is 1. The Morgan fingerprint density at radius 3 is 2.76 bits per heavy atom. The first-order valence-corrected chi connectivity index (χ1v) is 8.87. The van der Waals surface area contributed by atoms with Crippen LogP contribution < -0.4 is 5.32 Å². The number of benzene rings is 1. The molecule has 0 saturated carbocycles. The molecule has 1 aromatic heterocycles. The molecule has 6 heteroatoms. The van der Waals surface area contributed by atoms with E-state index in [9.17, 15) is 4.79 Å². The van der Waals surface area contributed by atoms with Gasteiger partial charge in [-0.1, -0.05) is 44.1 Å². The highest BCUT2D eigenvalue weighted by molar-refractivity contribution is 5.92. The van der Waals surface area contributed by atoms with E-state index in [0.29, 0.717) is 24.9 Å². The third kappa shape index (κ3) is 6.31. The molecular formula is C19H28N4O2. The molecule has 0 atom stereocenters. The van der Waals surface area contributed by atoms with Gasteiger partial charge in [-0.05, 0) is 37.4 Å². The second-order valence-electron chi connectivity index (χ2n) is 6.78. The molecule has 0 bridgehead atoms. The van der Waals surface area contributed by atoms with Gasteiger partial charge in [-0.3, -0.25) is 9.69 Å². The zero-order chi connectivity index (χ0) is 18.2. The van der Waals surface area contributed by atoms with Gasteiger partial charge in [0.2, 0.25) is 11.8 Å². The van der Waals surface area contributed by atoms with Crippen molar-refractivity contribution < 1.29 is 9.32 Å². The van der Waals surface area contributed by atoms with E-state index in [1.54, 1.807) is 0 Å². The van der Waals surface area contributed by atoms with Crippen LogP contribution in [0.4, 0.5) is 5.69 Å². The van der Waals surface area contributed by atoms with Crippen molar-refractivity contribution in [2.24, 2.45) is 5.92 Å². The van der Waals surface area contributed by atoms with E-state index < -0.39 is 0 Å². The van der Waals surface area contributed by atoms with Gasteiger partial charge in [0, 0.05) is 12.1 Å². The van der Waals surface area contributed by atoms with Gasteiger partial charge in [0.15, 0.2) is 5.82 Å². The van der Waals surface area contributed by atoms with Crippen molar-refractivity contribution in [3.8, 4) is 0 Å². The van der Waals surface area contributed by atoms with Crippen molar-refractivity contribution in [1.29, 1.82) is 0 Å². The molecule has 0 fully saturated rings. The Labute approximate surface area is 149 Å². The maximum absolute atomic E-state index is 12.4. The molecule has 1 amide bonds. The van der Waals surface area contributed by atoms with Crippen molar-refractivity contribution >= 4 is 11.6 Å². The molecule has 0 radical (unpaired) electrons. The molecule has 0 saturated heterocycles. The summed E-state index contributed by atoms with van der Waals surface area (Å²) in [5, 5.41) is 6.98. The zero-order valence-corrected chi connectivity index (χ0v) is 15.6. The van der Waals surface area contributed by atoms with Crippen LogP contribution in [0.15, 0.2) is 28.8 Å². The molecule has 2 rings (SSSR count). The third-order valence-corrected chi connectivity index (χ3v) is 3.79. The van der Waals surface area contributed by atoms with E-state index in [4.69, 9.17) is 4.52 Å². The molecule has 6 nitrogen and oxygen atoms in total. The number of carbonyl (C=O) groups is 1. The largest absolute Gasteiger partial charge is 0.338 e. The van der Waals surface area contributed by atoms with E-state index in [2.05, 4.69) is 36.2 Å². The predicted octanol–water partition coefficient (Wildman–Crippen LogP) is 3.43. The molecule has 2 aromatic rings. The van der Waals surface area contributed by atoms with Gasteiger partial charge in [0.25, 0.3) is 0 Å². The number of amides is 1. The van der Waals surface area contributed by atoms with Crippen LogP contribution in [-0.2, 0) is 17.8 Å². The molecule has 1 N–H and O–H groups in total. The second-order valence-corrected chi connectivity index (χ2v) is 6.78. The molecule has 0 aliphatic heterocycles. The molecule has 0 aliphatic rings. The van der Waals surface area contributed by atoms with Crippen molar-refractivity contribution in [1.82, 2.24) is 15.0 Å². The number of anilines is 1. The number of hydrogen-bond acceptors (Lipinski definition) is 5.